The zero-order valence-electron chi connectivity index (χ0n) is 4.35. The Kier molecular flexibility index (Phi) is 1.68. The van der Waals surface area contributed by atoms with Crippen molar-refractivity contribution >= 4 is 29.5 Å². The van der Waals surface area contributed by atoms with Gasteiger partial charge in [-0.3, -0.25) is 9.52 Å². The van der Waals surface area contributed by atoms with Crippen LogP contribution in [0.25, 0.3) is 0 Å². The lowest BCUT2D eigenvalue weighted by atomic mass is 10.2. The number of rotatable bonds is 0. The lowest BCUT2D eigenvalue weighted by molar-refractivity contribution is -0.121. The number of alkyl halides is 1. The van der Waals surface area contributed by atoms with Crippen molar-refractivity contribution in [2.24, 2.45) is 5.92 Å². The summed E-state index contributed by atoms with van der Waals surface area (Å²) < 4.78 is 2.48. The number of hydrogen-bond acceptors (Lipinski definition) is 2. The van der Waals surface area contributed by atoms with E-state index in [0.29, 0.717) is 0 Å². The second kappa shape index (κ2) is 2.15. The molecule has 1 aliphatic heterocycles. The number of halogens is 1. The molecule has 1 heterocycles. The molecule has 1 aliphatic rings. The lowest BCUT2D eigenvalue weighted by Crippen LogP contribution is -2.15. The minimum absolute atomic E-state index is 0.0370. The average molecular weight is 152 g/mol. The molecular formula is C4H6ClNOS. The third-order valence-electron chi connectivity index (χ3n) is 1.08. The summed E-state index contributed by atoms with van der Waals surface area (Å²) in [6.45, 7) is 1.81. The van der Waals surface area contributed by atoms with E-state index in [1.807, 2.05) is 6.92 Å². The molecule has 1 fully saturated rings. The Morgan fingerprint density at radius 3 is 2.62 bits per heavy atom. The zero-order valence-corrected chi connectivity index (χ0v) is 5.92. The van der Waals surface area contributed by atoms with Crippen LogP contribution >= 0.6 is 23.5 Å². The standard InChI is InChI=1S/C4H6ClNOS/c1-2-3(5)8-6-4(2)7/h2-3H,1H3,(H,6,7). The first-order valence-corrected chi connectivity index (χ1v) is 3.63. The van der Waals surface area contributed by atoms with Crippen molar-refractivity contribution in [3.05, 3.63) is 0 Å². The maximum Gasteiger partial charge on any atom is 0.235 e. The molecule has 1 saturated heterocycles. The molecule has 1 amide bonds. The van der Waals surface area contributed by atoms with Gasteiger partial charge in [-0.1, -0.05) is 6.92 Å². The van der Waals surface area contributed by atoms with E-state index in [1.165, 1.54) is 11.9 Å². The van der Waals surface area contributed by atoms with Crippen molar-refractivity contribution in [2.75, 3.05) is 0 Å². The van der Waals surface area contributed by atoms with E-state index in [-0.39, 0.29) is 16.5 Å². The van der Waals surface area contributed by atoms with E-state index >= 15 is 0 Å². The smallest absolute Gasteiger partial charge is 0.235 e. The van der Waals surface area contributed by atoms with Gasteiger partial charge in [0.25, 0.3) is 0 Å². The highest BCUT2D eigenvalue weighted by Crippen LogP contribution is 2.27. The fourth-order valence-electron chi connectivity index (χ4n) is 0.428. The van der Waals surface area contributed by atoms with Crippen LogP contribution in [-0.2, 0) is 4.79 Å². The lowest BCUT2D eigenvalue weighted by Gasteiger charge is -1.96. The molecule has 46 valence electrons. The normalized spacial score (nSPS) is 37.5. The van der Waals surface area contributed by atoms with Crippen LogP contribution < -0.4 is 4.72 Å². The molecule has 4 heteroatoms. The maximum absolute atomic E-state index is 10.6. The third kappa shape index (κ3) is 0.928. The average Bonchev–Trinajstić information content (AvgIpc) is 1.98. The summed E-state index contributed by atoms with van der Waals surface area (Å²) in [5.74, 6) is -0.00309. The molecule has 0 aromatic carbocycles. The molecule has 2 atom stereocenters. The Morgan fingerprint density at radius 2 is 2.50 bits per heavy atom. The first-order chi connectivity index (χ1) is 3.72. The van der Waals surface area contributed by atoms with Crippen LogP contribution in [0.1, 0.15) is 6.92 Å². The van der Waals surface area contributed by atoms with Gasteiger partial charge in [0.2, 0.25) is 5.91 Å². The molecule has 0 aromatic rings. The largest absolute Gasteiger partial charge is 0.299 e. The van der Waals surface area contributed by atoms with Crippen molar-refractivity contribution in [3.8, 4) is 0 Å². The van der Waals surface area contributed by atoms with Crippen molar-refractivity contribution in [2.45, 2.75) is 11.6 Å². The van der Waals surface area contributed by atoms with Crippen molar-refractivity contribution in [1.29, 1.82) is 0 Å². The summed E-state index contributed by atoms with van der Waals surface area (Å²) in [7, 11) is 0. The second-order valence-electron chi connectivity index (χ2n) is 1.72. The van der Waals surface area contributed by atoms with Gasteiger partial charge in [-0.25, -0.2) is 0 Å². The van der Waals surface area contributed by atoms with E-state index in [1.54, 1.807) is 0 Å². The molecule has 0 radical (unpaired) electrons. The maximum atomic E-state index is 10.6. The minimum Gasteiger partial charge on any atom is -0.299 e. The quantitative estimate of drug-likeness (QED) is 0.413. The van der Waals surface area contributed by atoms with Gasteiger partial charge in [0.1, 0.15) is 4.71 Å². The van der Waals surface area contributed by atoms with Crippen molar-refractivity contribution in [1.82, 2.24) is 4.72 Å². The molecule has 0 bridgehead atoms. The highest BCUT2D eigenvalue weighted by atomic mass is 35.5. The topological polar surface area (TPSA) is 29.1 Å². The Morgan fingerprint density at radius 1 is 1.88 bits per heavy atom. The number of amides is 1. The minimum atomic E-state index is -0.0810. The number of carbonyl (C=O) groups excluding carboxylic acids is 1. The summed E-state index contributed by atoms with van der Waals surface area (Å²) in [6.07, 6.45) is 0. The highest BCUT2D eigenvalue weighted by Gasteiger charge is 2.29. The summed E-state index contributed by atoms with van der Waals surface area (Å²) in [5.41, 5.74) is 0. The Balaban J connectivity index is 2.56. The Bertz CT molecular complexity index is 119. The predicted octanol–water partition coefficient (Wildman–Crippen LogP) is 0.965. The molecule has 8 heavy (non-hydrogen) atoms. The van der Waals surface area contributed by atoms with Crippen LogP contribution in [0.3, 0.4) is 0 Å². The van der Waals surface area contributed by atoms with Gasteiger partial charge in [-0.05, 0) is 11.9 Å². The molecule has 2 unspecified atom stereocenters. The van der Waals surface area contributed by atoms with E-state index in [4.69, 9.17) is 11.6 Å². The molecule has 0 spiro atoms. The first-order valence-electron chi connectivity index (χ1n) is 2.31. The third-order valence-corrected chi connectivity index (χ3v) is 2.68. The summed E-state index contributed by atoms with van der Waals surface area (Å²) in [5, 5.41) is 0. The van der Waals surface area contributed by atoms with E-state index in [0.717, 1.165) is 0 Å². The molecular weight excluding hydrogens is 146 g/mol. The Hall–Kier alpha value is 0.110. The van der Waals surface area contributed by atoms with Gasteiger partial charge in [-0.2, -0.15) is 0 Å². The van der Waals surface area contributed by atoms with E-state index < -0.39 is 0 Å². The SMILES string of the molecule is CC1C(=O)NSC1Cl. The van der Waals surface area contributed by atoms with Crippen LogP contribution in [-0.4, -0.2) is 10.6 Å². The van der Waals surface area contributed by atoms with Gasteiger partial charge < -0.3 is 0 Å². The second-order valence-corrected chi connectivity index (χ2v) is 3.40. The molecule has 0 saturated carbocycles. The van der Waals surface area contributed by atoms with Crippen LogP contribution in [0.2, 0.25) is 0 Å². The molecule has 2 nitrogen and oxygen atoms in total. The number of nitrogens with one attached hydrogen (secondary N) is 1. The number of carbonyl (C=O) groups is 1. The predicted molar refractivity (Wildman–Crippen MR) is 34.5 cm³/mol. The monoisotopic (exact) mass is 151 g/mol. The van der Waals surface area contributed by atoms with E-state index in [2.05, 4.69) is 4.72 Å². The molecule has 1 N–H and O–H groups in total. The van der Waals surface area contributed by atoms with Crippen LogP contribution in [0, 0.1) is 5.92 Å². The molecule has 0 aromatic heterocycles. The first kappa shape index (κ1) is 6.23. The Labute approximate surface area is 57.1 Å². The van der Waals surface area contributed by atoms with Crippen LogP contribution in [0.4, 0.5) is 0 Å². The fraction of sp³-hybridized carbons (Fsp3) is 0.750. The van der Waals surface area contributed by atoms with Crippen molar-refractivity contribution < 1.29 is 4.79 Å². The molecule has 1 rings (SSSR count). The van der Waals surface area contributed by atoms with Gasteiger partial charge in [-0.15, -0.1) is 11.6 Å². The van der Waals surface area contributed by atoms with Crippen molar-refractivity contribution in [3.63, 3.8) is 0 Å². The van der Waals surface area contributed by atoms with Crippen LogP contribution in [0.15, 0.2) is 0 Å². The fourth-order valence-corrected chi connectivity index (χ4v) is 1.42. The molecule has 0 aliphatic carbocycles. The highest BCUT2D eigenvalue weighted by molar-refractivity contribution is 8.00. The zero-order chi connectivity index (χ0) is 6.15. The number of hydrogen-bond donors (Lipinski definition) is 1. The van der Waals surface area contributed by atoms with Gasteiger partial charge in [0.15, 0.2) is 0 Å². The van der Waals surface area contributed by atoms with Gasteiger partial charge >= 0.3 is 0 Å². The summed E-state index contributed by atoms with van der Waals surface area (Å²) in [6, 6.07) is 0. The summed E-state index contributed by atoms with van der Waals surface area (Å²) in [4.78, 5) is 10.6. The van der Waals surface area contributed by atoms with E-state index in [9.17, 15) is 4.79 Å². The van der Waals surface area contributed by atoms with Gasteiger partial charge in [0.05, 0.1) is 5.92 Å². The van der Waals surface area contributed by atoms with Crippen LogP contribution in [0.5, 0.6) is 0 Å². The van der Waals surface area contributed by atoms with Gasteiger partial charge in [0, 0.05) is 0 Å². The summed E-state index contributed by atoms with van der Waals surface area (Å²) >= 11 is 6.92.